The highest BCUT2D eigenvalue weighted by atomic mass is 32.2. The van der Waals surface area contributed by atoms with Crippen molar-refractivity contribution in [3.05, 3.63) is 17.3 Å². The number of thiazole rings is 1. The molecular weight excluding hydrogens is 242 g/mol. The second-order valence-corrected chi connectivity index (χ2v) is 5.15. The highest BCUT2D eigenvalue weighted by Crippen LogP contribution is 2.22. The molecule has 0 unspecified atom stereocenters. The summed E-state index contributed by atoms with van der Waals surface area (Å²) in [5, 5.41) is 5.42. The molecule has 0 aromatic carbocycles. The van der Waals surface area contributed by atoms with Gasteiger partial charge in [0.2, 0.25) is 5.88 Å². The molecule has 1 N–H and O–H groups in total. The first kappa shape index (κ1) is 11.8. The van der Waals surface area contributed by atoms with Gasteiger partial charge in [-0.05, 0) is 6.26 Å². The number of ether oxygens (including phenoxy) is 1. The van der Waals surface area contributed by atoms with E-state index >= 15 is 0 Å². The zero-order valence-corrected chi connectivity index (χ0v) is 11.0. The van der Waals surface area contributed by atoms with E-state index in [1.54, 1.807) is 18.4 Å². The van der Waals surface area contributed by atoms with Crippen molar-refractivity contribution in [1.29, 1.82) is 0 Å². The van der Waals surface area contributed by atoms with Crippen molar-refractivity contribution in [2.24, 2.45) is 0 Å². The van der Waals surface area contributed by atoms with Gasteiger partial charge < -0.3 is 10.1 Å². The van der Waals surface area contributed by atoms with Gasteiger partial charge in [-0.2, -0.15) is 16.7 Å². The maximum Gasteiger partial charge on any atom is 0.237 e. The molecule has 4 nitrogen and oxygen atoms in total. The van der Waals surface area contributed by atoms with E-state index in [4.69, 9.17) is 4.74 Å². The number of rotatable bonds is 6. The van der Waals surface area contributed by atoms with Gasteiger partial charge in [0.1, 0.15) is 5.69 Å². The lowest BCUT2D eigenvalue weighted by molar-refractivity contribution is 0.393. The van der Waals surface area contributed by atoms with Gasteiger partial charge in [0.05, 0.1) is 7.11 Å². The lowest BCUT2D eigenvalue weighted by atomic mass is 10.4. The fourth-order valence-electron chi connectivity index (χ4n) is 1.52. The average Bonchev–Trinajstić information content (AvgIpc) is 2.85. The highest BCUT2D eigenvalue weighted by molar-refractivity contribution is 7.98. The van der Waals surface area contributed by atoms with Crippen molar-refractivity contribution in [3.8, 4) is 5.88 Å². The Labute approximate surface area is 103 Å². The van der Waals surface area contributed by atoms with Crippen LogP contribution in [0.25, 0.3) is 4.96 Å². The minimum absolute atomic E-state index is 0.725. The fourth-order valence-corrected chi connectivity index (χ4v) is 2.59. The summed E-state index contributed by atoms with van der Waals surface area (Å²) in [7, 11) is 1.66. The van der Waals surface area contributed by atoms with Crippen LogP contribution in [-0.4, -0.2) is 35.0 Å². The summed E-state index contributed by atoms with van der Waals surface area (Å²) in [6.07, 6.45) is 4.14. The first-order valence-electron chi connectivity index (χ1n) is 5.05. The molecule has 2 aromatic heterocycles. The Kier molecular flexibility index (Phi) is 4.09. The van der Waals surface area contributed by atoms with Crippen LogP contribution in [0.4, 0.5) is 0 Å². The third-order valence-corrected chi connectivity index (χ3v) is 3.66. The van der Waals surface area contributed by atoms with E-state index in [0.29, 0.717) is 0 Å². The van der Waals surface area contributed by atoms with Gasteiger partial charge in [-0.3, -0.25) is 4.40 Å². The van der Waals surface area contributed by atoms with Crippen LogP contribution in [0.2, 0.25) is 0 Å². The number of aromatic nitrogens is 2. The summed E-state index contributed by atoms with van der Waals surface area (Å²) in [5.74, 6) is 1.84. The molecule has 6 heteroatoms. The van der Waals surface area contributed by atoms with Crippen LogP contribution >= 0.6 is 23.1 Å². The van der Waals surface area contributed by atoms with Gasteiger partial charge in [0.25, 0.3) is 0 Å². The van der Waals surface area contributed by atoms with Gasteiger partial charge in [0.15, 0.2) is 4.96 Å². The Morgan fingerprint density at radius 3 is 3.25 bits per heavy atom. The molecule has 2 rings (SSSR count). The molecule has 2 heterocycles. The molecular formula is C10H15N3OS2. The Balaban J connectivity index is 2.10. The Hall–Kier alpha value is -0.720. The summed E-state index contributed by atoms with van der Waals surface area (Å²) < 4.78 is 7.35. The van der Waals surface area contributed by atoms with E-state index in [1.165, 1.54) is 0 Å². The van der Waals surface area contributed by atoms with E-state index in [9.17, 15) is 0 Å². The van der Waals surface area contributed by atoms with Crippen molar-refractivity contribution in [1.82, 2.24) is 14.7 Å². The third kappa shape index (κ3) is 2.34. The fraction of sp³-hybridized carbons (Fsp3) is 0.500. The van der Waals surface area contributed by atoms with Crippen molar-refractivity contribution >= 4 is 28.1 Å². The number of hydrogen-bond donors (Lipinski definition) is 1. The number of hydrogen-bond acceptors (Lipinski definition) is 5. The van der Waals surface area contributed by atoms with Gasteiger partial charge >= 0.3 is 0 Å². The van der Waals surface area contributed by atoms with Crippen molar-refractivity contribution in [2.45, 2.75) is 6.54 Å². The monoisotopic (exact) mass is 257 g/mol. The summed E-state index contributed by atoms with van der Waals surface area (Å²) in [6, 6.07) is 0. The predicted octanol–water partition coefficient (Wildman–Crippen LogP) is 1.86. The molecule has 0 bridgehead atoms. The average molecular weight is 257 g/mol. The number of nitrogens with zero attached hydrogens (tertiary/aromatic N) is 2. The predicted molar refractivity (Wildman–Crippen MR) is 69.7 cm³/mol. The van der Waals surface area contributed by atoms with E-state index in [-0.39, 0.29) is 0 Å². The minimum atomic E-state index is 0.725. The van der Waals surface area contributed by atoms with E-state index in [2.05, 4.69) is 21.0 Å². The van der Waals surface area contributed by atoms with Crippen LogP contribution in [0, 0.1) is 0 Å². The number of thioether (sulfide) groups is 1. The van der Waals surface area contributed by atoms with E-state index in [1.807, 2.05) is 23.3 Å². The number of methoxy groups -OCH3 is 1. The second-order valence-electron chi connectivity index (χ2n) is 3.29. The van der Waals surface area contributed by atoms with Crippen LogP contribution < -0.4 is 10.1 Å². The number of imidazole rings is 1. The Morgan fingerprint density at radius 1 is 1.62 bits per heavy atom. The van der Waals surface area contributed by atoms with Gasteiger partial charge in [-0.1, -0.05) is 0 Å². The van der Waals surface area contributed by atoms with Crippen LogP contribution in [0.1, 0.15) is 5.69 Å². The lowest BCUT2D eigenvalue weighted by Gasteiger charge is -2.04. The molecule has 0 atom stereocenters. The van der Waals surface area contributed by atoms with Crippen LogP contribution in [0.5, 0.6) is 5.88 Å². The smallest absolute Gasteiger partial charge is 0.237 e. The first-order valence-corrected chi connectivity index (χ1v) is 7.32. The largest absolute Gasteiger partial charge is 0.480 e. The summed E-state index contributed by atoms with van der Waals surface area (Å²) in [6.45, 7) is 1.79. The second kappa shape index (κ2) is 5.56. The number of fused-ring (bicyclic) bond motifs is 1. The molecule has 2 aromatic rings. The van der Waals surface area contributed by atoms with Crippen molar-refractivity contribution in [2.75, 3.05) is 25.7 Å². The Bertz CT molecular complexity index is 452. The normalized spacial score (nSPS) is 11.1. The standard InChI is InChI=1S/C10H15N3OS2/c1-14-9-8(7-11-3-5-15-2)13-4-6-16-10(13)12-9/h4,6,11H,3,5,7H2,1-2H3. The lowest BCUT2D eigenvalue weighted by Crippen LogP contribution is -2.17. The molecule has 0 spiro atoms. The first-order chi connectivity index (χ1) is 7.86. The molecule has 0 amide bonds. The van der Waals surface area contributed by atoms with E-state index in [0.717, 1.165) is 35.4 Å². The minimum Gasteiger partial charge on any atom is -0.480 e. The molecule has 0 saturated carbocycles. The van der Waals surface area contributed by atoms with Crippen LogP contribution in [0.15, 0.2) is 11.6 Å². The molecule has 0 fully saturated rings. The molecule has 0 aliphatic carbocycles. The molecule has 88 valence electrons. The summed E-state index contributed by atoms with van der Waals surface area (Å²) in [5.41, 5.74) is 1.10. The van der Waals surface area contributed by atoms with Crippen LogP contribution in [-0.2, 0) is 6.54 Å². The topological polar surface area (TPSA) is 38.6 Å². The summed E-state index contributed by atoms with van der Waals surface area (Å²) >= 11 is 3.46. The number of nitrogens with one attached hydrogen (secondary N) is 1. The molecule has 16 heavy (non-hydrogen) atoms. The Morgan fingerprint density at radius 2 is 2.50 bits per heavy atom. The highest BCUT2D eigenvalue weighted by Gasteiger charge is 2.12. The molecule has 0 aliphatic rings. The van der Waals surface area contributed by atoms with E-state index < -0.39 is 0 Å². The maximum atomic E-state index is 5.28. The zero-order chi connectivity index (χ0) is 11.4. The molecule has 0 aliphatic heterocycles. The molecule has 0 radical (unpaired) electrons. The SMILES string of the molecule is COc1nc2sccn2c1CNCCSC. The van der Waals surface area contributed by atoms with Gasteiger partial charge in [0, 0.05) is 30.4 Å². The zero-order valence-electron chi connectivity index (χ0n) is 9.40. The van der Waals surface area contributed by atoms with Gasteiger partial charge in [-0.15, -0.1) is 11.3 Å². The maximum absolute atomic E-state index is 5.28. The molecule has 0 saturated heterocycles. The van der Waals surface area contributed by atoms with Crippen molar-refractivity contribution < 1.29 is 4.74 Å². The summed E-state index contributed by atoms with van der Waals surface area (Å²) in [4.78, 5) is 5.39. The van der Waals surface area contributed by atoms with Crippen LogP contribution in [0.3, 0.4) is 0 Å². The van der Waals surface area contributed by atoms with Crippen molar-refractivity contribution in [3.63, 3.8) is 0 Å². The quantitative estimate of drug-likeness (QED) is 0.802. The third-order valence-electron chi connectivity index (χ3n) is 2.29. The van der Waals surface area contributed by atoms with Gasteiger partial charge in [-0.25, -0.2) is 0 Å².